The van der Waals surface area contributed by atoms with Crippen molar-refractivity contribution in [3.8, 4) is 0 Å². The Morgan fingerprint density at radius 1 is 1.19 bits per heavy atom. The first-order chi connectivity index (χ1) is 9.99. The van der Waals surface area contributed by atoms with Gasteiger partial charge in [-0.3, -0.25) is 4.79 Å². The smallest absolute Gasteiger partial charge is 0.323 e. The van der Waals surface area contributed by atoms with Crippen LogP contribution in [0, 0.1) is 0 Å². The Kier molecular flexibility index (Phi) is 7.25. The van der Waals surface area contributed by atoms with Crippen molar-refractivity contribution in [2.75, 3.05) is 33.7 Å². The molecule has 116 valence electrons. The average Bonchev–Trinajstić information content (AvgIpc) is 2.43. The van der Waals surface area contributed by atoms with Crippen molar-refractivity contribution in [1.29, 1.82) is 0 Å². The van der Waals surface area contributed by atoms with Gasteiger partial charge in [0.25, 0.3) is 0 Å². The van der Waals surface area contributed by atoms with E-state index in [0.717, 1.165) is 24.4 Å². The number of carboxylic acid groups (broad SMARTS) is 1. The first-order valence-electron chi connectivity index (χ1n) is 6.92. The summed E-state index contributed by atoms with van der Waals surface area (Å²) in [7, 11) is 3.50. The van der Waals surface area contributed by atoms with E-state index >= 15 is 0 Å². The molecule has 2 N–H and O–H groups in total. The molecule has 1 rings (SSSR count). The van der Waals surface area contributed by atoms with Gasteiger partial charge in [-0.25, -0.2) is 4.79 Å². The molecule has 2 amide bonds. The monoisotopic (exact) mass is 293 g/mol. The van der Waals surface area contributed by atoms with E-state index in [9.17, 15) is 9.59 Å². The summed E-state index contributed by atoms with van der Waals surface area (Å²) >= 11 is 0. The number of amides is 2. The van der Waals surface area contributed by atoms with Crippen LogP contribution in [0.5, 0.6) is 0 Å². The molecule has 6 heteroatoms. The molecule has 0 heterocycles. The fraction of sp³-hybridized carbons (Fsp3) is 0.467. The van der Waals surface area contributed by atoms with Gasteiger partial charge < -0.3 is 20.2 Å². The fourth-order valence-corrected chi connectivity index (χ4v) is 1.93. The summed E-state index contributed by atoms with van der Waals surface area (Å²) in [5.41, 5.74) is 1.25. The van der Waals surface area contributed by atoms with Crippen molar-refractivity contribution < 1.29 is 14.7 Å². The number of likely N-dealkylation sites (N-methyl/N-ethyl adjacent to an activating group) is 1. The number of nitrogens with one attached hydrogen (secondary N) is 1. The van der Waals surface area contributed by atoms with Gasteiger partial charge in [-0.15, -0.1) is 0 Å². The molecule has 1 aromatic carbocycles. The molecule has 0 bridgehead atoms. The van der Waals surface area contributed by atoms with E-state index in [2.05, 4.69) is 22.3 Å². The fourth-order valence-electron chi connectivity index (χ4n) is 1.93. The van der Waals surface area contributed by atoms with Crippen molar-refractivity contribution >= 4 is 12.0 Å². The van der Waals surface area contributed by atoms with Crippen molar-refractivity contribution in [2.45, 2.75) is 13.0 Å². The van der Waals surface area contributed by atoms with E-state index in [1.165, 1.54) is 12.6 Å². The predicted octanol–water partition coefficient (Wildman–Crippen LogP) is 1.23. The number of hydrogen-bond donors (Lipinski definition) is 2. The minimum absolute atomic E-state index is 0.292. The Hall–Kier alpha value is -2.08. The Labute approximate surface area is 125 Å². The number of carbonyl (C=O) groups excluding carboxylic acids is 1. The largest absolute Gasteiger partial charge is 0.480 e. The van der Waals surface area contributed by atoms with Gasteiger partial charge in [0.2, 0.25) is 0 Å². The Balaban J connectivity index is 2.16. The zero-order valence-corrected chi connectivity index (χ0v) is 12.6. The van der Waals surface area contributed by atoms with Crippen LogP contribution in [0.3, 0.4) is 0 Å². The Morgan fingerprint density at radius 3 is 2.48 bits per heavy atom. The molecule has 0 fully saturated rings. The van der Waals surface area contributed by atoms with E-state index in [1.807, 2.05) is 25.2 Å². The molecule has 0 aromatic heterocycles. The second kappa shape index (κ2) is 8.97. The molecule has 21 heavy (non-hydrogen) atoms. The molecule has 0 unspecified atom stereocenters. The number of benzene rings is 1. The predicted molar refractivity (Wildman–Crippen MR) is 81.1 cm³/mol. The van der Waals surface area contributed by atoms with E-state index in [4.69, 9.17) is 5.11 Å². The van der Waals surface area contributed by atoms with E-state index < -0.39 is 5.97 Å². The summed E-state index contributed by atoms with van der Waals surface area (Å²) in [4.78, 5) is 25.4. The number of carboxylic acids is 1. The molecule has 6 nitrogen and oxygen atoms in total. The van der Waals surface area contributed by atoms with Crippen LogP contribution in [-0.2, 0) is 11.3 Å². The number of carbonyl (C=O) groups is 2. The van der Waals surface area contributed by atoms with E-state index in [1.54, 1.807) is 0 Å². The SMILES string of the molecule is CN(CCCNC(=O)N(C)CC(=O)O)Cc1ccccc1. The number of aliphatic carboxylic acids is 1. The standard InChI is InChI=1S/C15H23N3O3/c1-17(11-13-7-4-3-5-8-13)10-6-9-16-15(21)18(2)12-14(19)20/h3-5,7-8H,6,9-12H2,1-2H3,(H,16,21)(H,19,20). The minimum Gasteiger partial charge on any atom is -0.480 e. The number of urea groups is 1. The molecule has 1 aromatic rings. The Bertz CT molecular complexity index is 451. The van der Waals surface area contributed by atoms with Crippen molar-refractivity contribution in [2.24, 2.45) is 0 Å². The zero-order chi connectivity index (χ0) is 15.7. The summed E-state index contributed by atoms with van der Waals surface area (Å²) in [6.45, 7) is 1.97. The van der Waals surface area contributed by atoms with Crippen LogP contribution in [0.1, 0.15) is 12.0 Å². The lowest BCUT2D eigenvalue weighted by Gasteiger charge is -2.18. The third-order valence-electron chi connectivity index (χ3n) is 3.01. The summed E-state index contributed by atoms with van der Waals surface area (Å²) in [6.07, 6.45) is 0.815. The van der Waals surface area contributed by atoms with Crippen molar-refractivity contribution in [3.05, 3.63) is 35.9 Å². The van der Waals surface area contributed by atoms with Gasteiger partial charge in [0.1, 0.15) is 6.54 Å². The minimum atomic E-state index is -1.02. The van der Waals surface area contributed by atoms with Crippen LogP contribution in [0.15, 0.2) is 30.3 Å². The van der Waals surface area contributed by atoms with E-state index in [-0.39, 0.29) is 12.6 Å². The van der Waals surface area contributed by atoms with Gasteiger partial charge in [-0.2, -0.15) is 0 Å². The van der Waals surface area contributed by atoms with Crippen LogP contribution in [0.4, 0.5) is 4.79 Å². The zero-order valence-electron chi connectivity index (χ0n) is 12.6. The lowest BCUT2D eigenvalue weighted by molar-refractivity contribution is -0.137. The third kappa shape index (κ3) is 7.31. The molecule has 0 atom stereocenters. The second-order valence-electron chi connectivity index (χ2n) is 5.06. The van der Waals surface area contributed by atoms with Crippen LogP contribution in [0.25, 0.3) is 0 Å². The molecule has 0 aliphatic rings. The summed E-state index contributed by atoms with van der Waals surface area (Å²) in [6, 6.07) is 9.83. The summed E-state index contributed by atoms with van der Waals surface area (Å²) in [5, 5.41) is 11.3. The van der Waals surface area contributed by atoms with Gasteiger partial charge >= 0.3 is 12.0 Å². The van der Waals surface area contributed by atoms with E-state index in [0.29, 0.717) is 6.54 Å². The normalized spacial score (nSPS) is 10.4. The molecule has 0 spiro atoms. The highest BCUT2D eigenvalue weighted by Gasteiger charge is 2.10. The molecule has 0 saturated heterocycles. The number of hydrogen-bond acceptors (Lipinski definition) is 3. The van der Waals surface area contributed by atoms with Crippen LogP contribution >= 0.6 is 0 Å². The van der Waals surface area contributed by atoms with Gasteiger partial charge in [0.15, 0.2) is 0 Å². The average molecular weight is 293 g/mol. The summed E-state index contributed by atoms with van der Waals surface area (Å²) in [5.74, 6) is -1.02. The maximum absolute atomic E-state index is 11.6. The lowest BCUT2D eigenvalue weighted by atomic mass is 10.2. The van der Waals surface area contributed by atoms with Crippen LogP contribution in [-0.4, -0.2) is 60.6 Å². The first kappa shape index (κ1) is 17.0. The highest BCUT2D eigenvalue weighted by molar-refractivity contribution is 5.79. The van der Waals surface area contributed by atoms with Crippen LogP contribution < -0.4 is 5.32 Å². The number of rotatable bonds is 8. The number of nitrogens with zero attached hydrogens (tertiary/aromatic N) is 2. The van der Waals surface area contributed by atoms with Crippen molar-refractivity contribution in [3.63, 3.8) is 0 Å². The highest BCUT2D eigenvalue weighted by atomic mass is 16.4. The maximum atomic E-state index is 11.6. The van der Waals surface area contributed by atoms with Crippen LogP contribution in [0.2, 0.25) is 0 Å². The first-order valence-corrected chi connectivity index (χ1v) is 6.92. The third-order valence-corrected chi connectivity index (χ3v) is 3.01. The highest BCUT2D eigenvalue weighted by Crippen LogP contribution is 2.02. The van der Waals surface area contributed by atoms with Gasteiger partial charge in [-0.1, -0.05) is 30.3 Å². The molecule has 0 radical (unpaired) electrons. The van der Waals surface area contributed by atoms with Gasteiger partial charge in [-0.05, 0) is 25.6 Å². The quantitative estimate of drug-likeness (QED) is 0.707. The Morgan fingerprint density at radius 2 is 1.86 bits per heavy atom. The van der Waals surface area contributed by atoms with Gasteiger partial charge in [0, 0.05) is 20.1 Å². The van der Waals surface area contributed by atoms with Crippen molar-refractivity contribution in [1.82, 2.24) is 15.1 Å². The summed E-state index contributed by atoms with van der Waals surface area (Å²) < 4.78 is 0. The maximum Gasteiger partial charge on any atom is 0.323 e. The van der Waals surface area contributed by atoms with Gasteiger partial charge in [0.05, 0.1) is 0 Å². The molecular weight excluding hydrogens is 270 g/mol. The topological polar surface area (TPSA) is 72.9 Å². The lowest BCUT2D eigenvalue weighted by Crippen LogP contribution is -2.40. The molecule has 0 aliphatic carbocycles. The second-order valence-corrected chi connectivity index (χ2v) is 5.06. The molecule has 0 aliphatic heterocycles. The molecule has 0 saturated carbocycles. The molecular formula is C15H23N3O3.